The minimum absolute atomic E-state index is 0.393. The van der Waals surface area contributed by atoms with Crippen LogP contribution in [0.15, 0.2) is 28.6 Å². The SMILES string of the molecule is COC(=O)c1ccc(N=S(C)(C)=O)cc1. The number of rotatable bonds is 2. The topological polar surface area (TPSA) is 55.7 Å². The summed E-state index contributed by atoms with van der Waals surface area (Å²) in [4.78, 5) is 11.1. The van der Waals surface area contributed by atoms with Gasteiger partial charge in [0.1, 0.15) is 0 Å². The number of carbonyl (C=O) groups excluding carboxylic acids is 1. The van der Waals surface area contributed by atoms with Gasteiger partial charge in [0.25, 0.3) is 0 Å². The third-order valence-electron chi connectivity index (χ3n) is 1.61. The molecule has 0 fully saturated rings. The maximum Gasteiger partial charge on any atom is 0.337 e. The number of hydrogen-bond donors (Lipinski definition) is 0. The molecule has 0 N–H and O–H groups in total. The minimum Gasteiger partial charge on any atom is -0.465 e. The molecule has 0 heterocycles. The molecule has 4 nitrogen and oxygen atoms in total. The van der Waals surface area contributed by atoms with Crippen LogP contribution in [0.2, 0.25) is 0 Å². The summed E-state index contributed by atoms with van der Waals surface area (Å²) in [6, 6.07) is 6.46. The number of carbonyl (C=O) groups is 1. The molecule has 0 saturated carbocycles. The van der Waals surface area contributed by atoms with Crippen molar-refractivity contribution >= 4 is 21.4 Å². The number of ether oxygens (including phenoxy) is 1. The summed E-state index contributed by atoms with van der Waals surface area (Å²) in [7, 11) is -0.832. The van der Waals surface area contributed by atoms with Crippen molar-refractivity contribution in [3.8, 4) is 0 Å². The molecule has 0 unspecified atom stereocenters. The summed E-state index contributed by atoms with van der Waals surface area (Å²) in [6.45, 7) is 0. The van der Waals surface area contributed by atoms with Crippen LogP contribution in [0, 0.1) is 0 Å². The molecule has 0 atom stereocenters. The molecule has 0 aliphatic carbocycles. The molecule has 0 aromatic heterocycles. The Labute approximate surface area is 89.4 Å². The minimum atomic E-state index is -2.16. The van der Waals surface area contributed by atoms with Crippen LogP contribution in [-0.2, 0) is 14.5 Å². The van der Waals surface area contributed by atoms with Crippen molar-refractivity contribution in [1.82, 2.24) is 0 Å². The third-order valence-corrected chi connectivity index (χ3v) is 2.26. The Bertz CT molecular complexity index is 462. The lowest BCUT2D eigenvalue weighted by molar-refractivity contribution is 0.0601. The van der Waals surface area contributed by atoms with Crippen molar-refractivity contribution in [1.29, 1.82) is 0 Å². The fourth-order valence-corrected chi connectivity index (χ4v) is 1.66. The molecular weight excluding hydrogens is 214 g/mol. The molecule has 0 aliphatic heterocycles. The summed E-state index contributed by atoms with van der Waals surface area (Å²) < 4.78 is 19.9. The van der Waals surface area contributed by atoms with E-state index in [1.54, 1.807) is 36.8 Å². The lowest BCUT2D eigenvalue weighted by atomic mass is 10.2. The maximum atomic E-state index is 11.4. The number of hydrogen-bond acceptors (Lipinski definition) is 4. The molecule has 0 bridgehead atoms. The number of nitrogens with zero attached hydrogens (tertiary/aromatic N) is 1. The van der Waals surface area contributed by atoms with Crippen molar-refractivity contribution in [2.24, 2.45) is 4.36 Å². The highest BCUT2D eigenvalue weighted by Crippen LogP contribution is 2.15. The van der Waals surface area contributed by atoms with Crippen molar-refractivity contribution in [3.05, 3.63) is 29.8 Å². The molecule has 0 amide bonds. The average Bonchev–Trinajstić information content (AvgIpc) is 2.15. The second-order valence-corrected chi connectivity index (χ2v) is 5.86. The second kappa shape index (κ2) is 4.44. The molecule has 1 aromatic carbocycles. The highest BCUT2D eigenvalue weighted by atomic mass is 32.2. The van der Waals surface area contributed by atoms with Crippen LogP contribution in [0.4, 0.5) is 5.69 Å². The van der Waals surface area contributed by atoms with Crippen molar-refractivity contribution in [2.45, 2.75) is 0 Å². The van der Waals surface area contributed by atoms with Crippen molar-refractivity contribution in [3.63, 3.8) is 0 Å². The molecule has 1 rings (SSSR count). The van der Waals surface area contributed by atoms with Gasteiger partial charge in [0.2, 0.25) is 0 Å². The Morgan fingerprint density at radius 2 is 1.80 bits per heavy atom. The Balaban J connectivity index is 3.01. The third kappa shape index (κ3) is 3.71. The Morgan fingerprint density at radius 3 is 2.20 bits per heavy atom. The molecule has 0 radical (unpaired) electrons. The van der Waals surface area contributed by atoms with E-state index < -0.39 is 15.7 Å². The first-order valence-corrected chi connectivity index (χ1v) is 6.61. The molecule has 82 valence electrons. The summed E-state index contributed by atoms with van der Waals surface area (Å²) >= 11 is 0. The molecule has 15 heavy (non-hydrogen) atoms. The first-order chi connectivity index (χ1) is 6.92. The summed E-state index contributed by atoms with van der Waals surface area (Å²) in [5.41, 5.74) is 1.05. The van der Waals surface area contributed by atoms with E-state index in [4.69, 9.17) is 0 Å². The van der Waals surface area contributed by atoms with Crippen molar-refractivity contribution in [2.75, 3.05) is 19.6 Å². The Kier molecular flexibility index (Phi) is 3.47. The van der Waals surface area contributed by atoms with E-state index in [1.165, 1.54) is 7.11 Å². The zero-order valence-electron chi connectivity index (χ0n) is 8.89. The van der Waals surface area contributed by atoms with E-state index in [9.17, 15) is 9.00 Å². The molecule has 0 saturated heterocycles. The van der Waals surface area contributed by atoms with Gasteiger partial charge in [0.15, 0.2) is 0 Å². The van der Waals surface area contributed by atoms with Crippen LogP contribution in [0.1, 0.15) is 10.4 Å². The average molecular weight is 227 g/mol. The number of methoxy groups -OCH3 is 1. The predicted octanol–water partition coefficient (Wildman–Crippen LogP) is 1.83. The number of esters is 1. The van der Waals surface area contributed by atoms with Crippen LogP contribution >= 0.6 is 0 Å². The Hall–Kier alpha value is -1.36. The van der Waals surface area contributed by atoms with E-state index in [-0.39, 0.29) is 0 Å². The van der Waals surface area contributed by atoms with Gasteiger partial charge in [0, 0.05) is 22.2 Å². The normalized spacial score (nSPS) is 10.9. The van der Waals surface area contributed by atoms with Crippen LogP contribution in [0.25, 0.3) is 0 Å². The van der Waals surface area contributed by atoms with Gasteiger partial charge >= 0.3 is 5.97 Å². The van der Waals surface area contributed by atoms with Crippen LogP contribution < -0.4 is 0 Å². The van der Waals surface area contributed by atoms with Crippen molar-refractivity contribution < 1.29 is 13.7 Å². The zero-order valence-corrected chi connectivity index (χ0v) is 9.71. The van der Waals surface area contributed by atoms with Gasteiger partial charge < -0.3 is 4.74 Å². The van der Waals surface area contributed by atoms with Gasteiger partial charge in [-0.3, -0.25) is 0 Å². The smallest absolute Gasteiger partial charge is 0.337 e. The van der Waals surface area contributed by atoms with Gasteiger partial charge in [-0.15, -0.1) is 0 Å². The molecular formula is C10H13NO3S. The standard InChI is InChI=1S/C10H13NO3S/c1-14-10(12)8-4-6-9(7-5-8)11-15(2,3)13/h4-7H,1-3H3. The lowest BCUT2D eigenvalue weighted by Crippen LogP contribution is -1.99. The van der Waals surface area contributed by atoms with E-state index >= 15 is 0 Å². The summed E-state index contributed by atoms with van der Waals surface area (Å²) in [5.74, 6) is -0.393. The predicted molar refractivity (Wildman–Crippen MR) is 59.9 cm³/mol. The monoisotopic (exact) mass is 227 g/mol. The van der Waals surface area contributed by atoms with Gasteiger partial charge in [-0.1, -0.05) is 0 Å². The van der Waals surface area contributed by atoms with Gasteiger partial charge in [-0.2, -0.15) is 4.36 Å². The van der Waals surface area contributed by atoms with Gasteiger partial charge in [-0.05, 0) is 24.3 Å². The largest absolute Gasteiger partial charge is 0.465 e. The Morgan fingerprint density at radius 1 is 1.27 bits per heavy atom. The molecule has 0 aliphatic rings. The summed E-state index contributed by atoms with van der Waals surface area (Å²) in [6.07, 6.45) is 3.11. The first-order valence-electron chi connectivity index (χ1n) is 4.28. The van der Waals surface area contributed by atoms with E-state index in [2.05, 4.69) is 9.10 Å². The van der Waals surface area contributed by atoms with Crippen LogP contribution in [0.5, 0.6) is 0 Å². The van der Waals surface area contributed by atoms with Gasteiger partial charge in [0.05, 0.1) is 18.4 Å². The molecule has 1 aromatic rings. The molecule has 0 spiro atoms. The quantitative estimate of drug-likeness (QED) is 0.724. The van der Waals surface area contributed by atoms with Crippen LogP contribution in [0.3, 0.4) is 0 Å². The summed E-state index contributed by atoms with van der Waals surface area (Å²) in [5, 5.41) is 0. The van der Waals surface area contributed by atoms with E-state index in [0.29, 0.717) is 11.3 Å². The lowest BCUT2D eigenvalue weighted by Gasteiger charge is -2.00. The van der Waals surface area contributed by atoms with E-state index in [0.717, 1.165) is 0 Å². The first kappa shape index (κ1) is 11.7. The highest BCUT2D eigenvalue weighted by molar-refractivity contribution is 7.92. The zero-order chi connectivity index (χ0) is 11.5. The molecule has 5 heteroatoms. The fourth-order valence-electron chi connectivity index (χ4n) is 1.03. The second-order valence-electron chi connectivity index (χ2n) is 3.31. The van der Waals surface area contributed by atoms with Gasteiger partial charge in [-0.25, -0.2) is 9.00 Å². The maximum absolute atomic E-state index is 11.4. The highest BCUT2D eigenvalue weighted by Gasteiger charge is 2.03. The van der Waals surface area contributed by atoms with Crippen LogP contribution in [-0.4, -0.2) is 29.8 Å². The number of benzene rings is 1. The fraction of sp³-hybridized carbons (Fsp3) is 0.300. The van der Waals surface area contributed by atoms with E-state index in [1.807, 2.05) is 0 Å².